The number of aromatic hydroxyl groups is 4. The van der Waals surface area contributed by atoms with Gasteiger partial charge in [0.25, 0.3) is 0 Å². The summed E-state index contributed by atoms with van der Waals surface area (Å²) in [6.45, 7) is 11.1. The molecule has 7 aliphatic heterocycles. The fourth-order valence-electron chi connectivity index (χ4n) is 14.8. The summed E-state index contributed by atoms with van der Waals surface area (Å²) in [6, 6.07) is -0.486. The molecule has 0 aliphatic carbocycles. The monoisotopic (exact) mass is 1710 g/mol. The molecule has 642 valence electrons. The van der Waals surface area contributed by atoms with E-state index in [4.69, 9.17) is 57.4 Å². The van der Waals surface area contributed by atoms with Crippen molar-refractivity contribution in [2.24, 2.45) is 11.7 Å². The van der Waals surface area contributed by atoms with E-state index in [1.54, 1.807) is 13.8 Å². The maximum atomic E-state index is 16.3. The standard InChI is InChI=1S/C80H98Cl2N12O24S/c1-8-9-10-11-12-13-14-15-22-85-80(6)32-56(113-36(5)69(80)103)117-68-66(102)65(101)54(33-119-79-92-70(104)35(4)93-94-79)116-78(68)118-67-52-27-40-28-53(67)115-51-21-18-39(26-45(51)82)64(100)62-76(110)89-60(77(111)112)43-29-41(95)30-49(97)57(43)42-24-37(16-19-48(42)96)58(73(107)91-62)88-74(108)59(40)87-72(106)47(31-55(83)98)86-75(109)61(90-71(105)46(84-7)23-34(2)3)63(99)38-17-20-50(114-52)44(81)25-38/h16-21,24-30,34,36,46-47,54,56,58-66,68-69,78,84-85,95-97,99-103H,8-15,22-23,31-33H2,1-7H3,(H2,83,98)(H,86,109)(H,87,106)(H,88,108)(H,89,110)(H,90,105)(H,91,107)(H,111,112)(H,92,94,104)/t36?,46-,47-,54?,56?,58+,59+,60+,61+,62-,63+,64+,65?,66?,68?,69?,78?,80?/m0/s1. The molecule has 39 heteroatoms. The number of thioether (sulfide) groups is 1. The number of fused-ring (bicyclic) bond motifs is 15. The zero-order chi connectivity index (χ0) is 86.2. The number of likely N-dealkylation sites (N-methyl/N-ethyl adjacent to an activating group) is 1. The van der Waals surface area contributed by atoms with Crippen LogP contribution in [0.4, 0.5) is 0 Å². The highest BCUT2D eigenvalue weighted by Crippen LogP contribution is 2.50. The molecule has 1 aromatic heterocycles. The first-order valence-electron chi connectivity index (χ1n) is 38.9. The predicted molar refractivity (Wildman–Crippen MR) is 426 cm³/mol. The molecule has 5 aromatic carbocycles. The molecular weight excluding hydrogens is 1620 g/mol. The number of aromatic nitrogens is 3. The molecule has 36 nitrogen and oxygen atoms in total. The molecule has 6 aromatic rings. The summed E-state index contributed by atoms with van der Waals surface area (Å²) >= 11 is 15.3. The van der Waals surface area contributed by atoms with Crippen LogP contribution in [-0.2, 0) is 52.6 Å². The largest absolute Gasteiger partial charge is 0.508 e. The fraction of sp³-hybridized carbons (Fsp3) is 0.487. The van der Waals surface area contributed by atoms with Crippen LogP contribution in [0.3, 0.4) is 0 Å². The third kappa shape index (κ3) is 21.1. The number of primary amides is 1. The first-order chi connectivity index (χ1) is 56.5. The molecule has 119 heavy (non-hydrogen) atoms. The van der Waals surface area contributed by atoms with E-state index >= 15 is 24.0 Å². The number of aliphatic carboxylic acids is 1. The first kappa shape index (κ1) is 89.8. The molecule has 7 amide bonds. The van der Waals surface area contributed by atoms with Gasteiger partial charge in [-0.15, -0.1) is 10.2 Å². The number of carbonyl (C=O) groups is 8. The number of unbranched alkanes of at least 4 members (excludes halogenated alkanes) is 7. The number of phenols is 3. The van der Waals surface area contributed by atoms with E-state index in [0.29, 0.717) is 6.54 Å². The topological polar surface area (TPSA) is 555 Å². The van der Waals surface area contributed by atoms with Gasteiger partial charge < -0.3 is 128 Å². The van der Waals surface area contributed by atoms with Gasteiger partial charge in [0.05, 0.1) is 40.8 Å². The smallest absolute Gasteiger partial charge is 0.330 e. The Morgan fingerprint density at radius 2 is 1.33 bits per heavy atom. The zero-order valence-electron chi connectivity index (χ0n) is 65.9. The van der Waals surface area contributed by atoms with Crippen LogP contribution < -0.4 is 62.5 Å². The molecule has 8 heterocycles. The molecular formula is C80H98Cl2N12O24S. The van der Waals surface area contributed by atoms with Crippen molar-refractivity contribution in [3.63, 3.8) is 0 Å². The maximum absolute atomic E-state index is 16.3. The predicted octanol–water partition coefficient (Wildman–Crippen LogP) is 4.88. The second kappa shape index (κ2) is 39.0. The van der Waals surface area contributed by atoms with Crippen LogP contribution in [0.25, 0.3) is 11.1 Å². The number of carboxylic acid groups (broad SMARTS) is 1. The van der Waals surface area contributed by atoms with Crippen LogP contribution in [0.1, 0.15) is 169 Å². The molecule has 11 bridgehead atoms. The Labute approximate surface area is 697 Å². The Hall–Kier alpha value is -10.0. The van der Waals surface area contributed by atoms with Gasteiger partial charge in [-0.3, -0.25) is 33.6 Å². The molecule has 18 atom stereocenters. The number of carboxylic acids is 1. The number of rotatable bonds is 25. The highest BCUT2D eigenvalue weighted by atomic mass is 35.5. The van der Waals surface area contributed by atoms with Gasteiger partial charge in [0.2, 0.25) is 64.4 Å². The van der Waals surface area contributed by atoms with Crippen LogP contribution in [0.15, 0.2) is 84.0 Å². The van der Waals surface area contributed by atoms with Gasteiger partial charge >= 0.3 is 5.97 Å². The lowest BCUT2D eigenvalue weighted by atomic mass is 9.85. The van der Waals surface area contributed by atoms with Crippen molar-refractivity contribution in [1.29, 1.82) is 0 Å². The second-order valence-corrected chi connectivity index (χ2v) is 32.5. The highest BCUT2D eigenvalue weighted by Gasteiger charge is 2.52. The lowest BCUT2D eigenvalue weighted by molar-refractivity contribution is -0.330. The Balaban J connectivity index is 1.13. The number of hydrogen-bond donors (Lipinski definition) is 19. The van der Waals surface area contributed by atoms with Crippen molar-refractivity contribution in [2.45, 2.75) is 227 Å². The molecule has 2 fully saturated rings. The molecule has 9 unspecified atom stereocenters. The number of carbonyl (C=O) groups excluding carboxylic acids is 7. The number of nitrogens with two attached hydrogens (primary N) is 1. The van der Waals surface area contributed by atoms with E-state index in [1.165, 1.54) is 32.2 Å². The number of halogens is 2. The van der Waals surface area contributed by atoms with E-state index in [1.807, 2.05) is 13.8 Å². The number of ether oxygens (including phenoxy) is 6. The van der Waals surface area contributed by atoms with Crippen molar-refractivity contribution in [3.05, 3.63) is 122 Å². The normalized spacial score (nSPS) is 26.8. The van der Waals surface area contributed by atoms with Gasteiger partial charge in [0, 0.05) is 40.5 Å². The van der Waals surface area contributed by atoms with Crippen LogP contribution in [0.2, 0.25) is 10.0 Å². The molecule has 0 spiro atoms. The molecule has 7 aliphatic rings. The third-order valence-corrected chi connectivity index (χ3v) is 22.8. The molecule has 2 saturated heterocycles. The number of hydrogen-bond acceptors (Lipinski definition) is 29. The fourth-order valence-corrected chi connectivity index (χ4v) is 16.1. The molecule has 13 rings (SSSR count). The van der Waals surface area contributed by atoms with Crippen molar-refractivity contribution in [3.8, 4) is 63.0 Å². The molecule has 0 saturated carbocycles. The first-order valence-corrected chi connectivity index (χ1v) is 40.6. The van der Waals surface area contributed by atoms with E-state index in [0.717, 1.165) is 124 Å². The summed E-state index contributed by atoms with van der Waals surface area (Å²) in [5, 5.41) is 146. The number of nitrogens with zero attached hydrogens (tertiary/aromatic N) is 3. The van der Waals surface area contributed by atoms with Gasteiger partial charge in [0.1, 0.15) is 89.1 Å². The minimum absolute atomic E-state index is 0.0846. The van der Waals surface area contributed by atoms with Crippen LogP contribution >= 0.6 is 35.0 Å². The molecule has 0 radical (unpaired) electrons. The summed E-state index contributed by atoms with van der Waals surface area (Å²) < 4.78 is 40.4. The van der Waals surface area contributed by atoms with Gasteiger partial charge in [-0.2, -0.15) is 4.98 Å². The average Bonchev–Trinajstić information content (AvgIpc) is 0.769. The van der Waals surface area contributed by atoms with Gasteiger partial charge in [-0.05, 0) is 130 Å². The van der Waals surface area contributed by atoms with Crippen molar-refractivity contribution < 1.29 is 118 Å². The number of amides is 7. The highest BCUT2D eigenvalue weighted by molar-refractivity contribution is 7.99. The van der Waals surface area contributed by atoms with Crippen LogP contribution in [-0.4, -0.2) is 212 Å². The number of aliphatic hydroxyl groups excluding tert-OH is 5. The number of aliphatic hydroxyl groups is 5. The Kier molecular flexibility index (Phi) is 29.4. The van der Waals surface area contributed by atoms with E-state index in [9.17, 15) is 65.4 Å². The average molecular weight is 1710 g/mol. The van der Waals surface area contributed by atoms with Gasteiger partial charge in [-0.25, -0.2) is 4.79 Å². The minimum atomic E-state index is -2.37. The Morgan fingerprint density at radius 1 is 0.706 bits per heavy atom. The number of aryl methyl sites for hydroxylation is 1. The Bertz CT molecular complexity index is 4770. The SMILES string of the molecule is CCCCCCCCCCNC1(C)CC(OC2C(Oc3c4cc5cc3Oc3ccc(cc3Cl)[C@@H](O)[C@@H](NC(=O)[C@H](CC(C)C)NC)C(=O)N[C@@H](CC(N)=O)C(=O)N[C@H]5C(=O)N[C@H]3C(=O)N[C@H](C(=O)N[C@@H](C(=O)O)c5cc(O)cc(O)c5-c5cc3ccc5O)[C@H](O)c3ccc(c(Cl)c3)O4)OC(CSc3nnc(C)c(O)n3)C(O)C2O)OC(C)C1O. The number of phenolic OH excluding ortho intramolecular Hbond substituents is 3. The van der Waals surface area contributed by atoms with Gasteiger partial charge in [0.15, 0.2) is 29.9 Å². The van der Waals surface area contributed by atoms with Crippen molar-refractivity contribution >= 4 is 82.3 Å². The lowest BCUT2D eigenvalue weighted by Gasteiger charge is -2.48. The summed E-state index contributed by atoms with van der Waals surface area (Å²) in [6.07, 6.45) is -9.81. The number of benzene rings is 5. The second-order valence-electron chi connectivity index (χ2n) is 30.7. The minimum Gasteiger partial charge on any atom is -0.508 e. The summed E-state index contributed by atoms with van der Waals surface area (Å²) in [4.78, 5) is 123. The maximum Gasteiger partial charge on any atom is 0.330 e. The third-order valence-electron chi connectivity index (χ3n) is 21.3. The van der Waals surface area contributed by atoms with Gasteiger partial charge in [-0.1, -0.05) is 119 Å². The van der Waals surface area contributed by atoms with Crippen molar-refractivity contribution in [2.75, 3.05) is 19.3 Å². The summed E-state index contributed by atoms with van der Waals surface area (Å²) in [5.41, 5.74) is 1.95. The summed E-state index contributed by atoms with van der Waals surface area (Å²) in [7, 11) is 1.48. The quantitative estimate of drug-likeness (QED) is 0.0268. The van der Waals surface area contributed by atoms with E-state index in [-0.39, 0.29) is 68.6 Å². The Morgan fingerprint density at radius 3 is 1.95 bits per heavy atom. The lowest BCUT2D eigenvalue weighted by Crippen LogP contribution is -2.65. The van der Waals surface area contributed by atoms with E-state index in [2.05, 4.69) is 64.6 Å². The summed E-state index contributed by atoms with van der Waals surface area (Å²) in [5.74, 6) is -16.7. The zero-order valence-corrected chi connectivity index (χ0v) is 68.2. The number of nitrogens with one attached hydrogen (secondary N) is 8. The van der Waals surface area contributed by atoms with Crippen LogP contribution in [0, 0.1) is 12.8 Å². The van der Waals surface area contributed by atoms with Crippen molar-refractivity contribution in [1.82, 2.24) is 57.7 Å². The molecule has 20 N–H and O–H groups in total. The van der Waals surface area contributed by atoms with Crippen LogP contribution in [0.5, 0.6) is 51.9 Å². The van der Waals surface area contributed by atoms with E-state index < -0.39 is 231 Å².